The van der Waals surface area contributed by atoms with E-state index in [-0.39, 0.29) is 5.91 Å². The van der Waals surface area contributed by atoms with E-state index in [1.165, 1.54) is 6.92 Å². The van der Waals surface area contributed by atoms with E-state index in [4.69, 9.17) is 14.6 Å². The fraction of sp³-hybridized carbons (Fsp3) is 0.500. The normalized spacial score (nSPS) is 29.0. The summed E-state index contributed by atoms with van der Waals surface area (Å²) in [5.74, 6) is -1.29. The molecule has 1 aromatic carbocycles. The van der Waals surface area contributed by atoms with Crippen LogP contribution in [0.2, 0.25) is 0 Å². The summed E-state index contributed by atoms with van der Waals surface area (Å²) in [5.41, 5.74) is 0.935. The van der Waals surface area contributed by atoms with E-state index in [9.17, 15) is 24.9 Å². The maximum Gasteiger partial charge on any atom is 0.335 e. The first kappa shape index (κ1) is 19.1. The van der Waals surface area contributed by atoms with E-state index in [1.54, 1.807) is 24.3 Å². The zero-order valence-corrected chi connectivity index (χ0v) is 13.5. The monoisotopic (exact) mass is 355 g/mol. The van der Waals surface area contributed by atoms with Crippen molar-refractivity contribution in [1.82, 2.24) is 5.32 Å². The summed E-state index contributed by atoms with van der Waals surface area (Å²) in [6, 6.07) is 6.66. The maximum absolute atomic E-state index is 11.0. The van der Waals surface area contributed by atoms with Gasteiger partial charge in [0.1, 0.15) is 24.1 Å². The van der Waals surface area contributed by atoms with Gasteiger partial charge in [-0.25, -0.2) is 4.79 Å². The van der Waals surface area contributed by atoms with Gasteiger partial charge in [-0.05, 0) is 24.1 Å². The van der Waals surface area contributed by atoms with Crippen molar-refractivity contribution in [2.45, 2.75) is 44.1 Å². The quantitative estimate of drug-likeness (QED) is 0.420. The first-order chi connectivity index (χ1) is 11.8. The highest BCUT2D eigenvalue weighted by Crippen LogP contribution is 2.24. The number of carboxylic acid groups (broad SMARTS) is 1. The summed E-state index contributed by atoms with van der Waals surface area (Å²) in [5, 5.41) is 40.9. The van der Waals surface area contributed by atoms with Crippen LogP contribution < -0.4 is 10.1 Å². The molecule has 5 atom stereocenters. The number of aliphatic carboxylic acids is 1. The lowest BCUT2D eigenvalue weighted by Gasteiger charge is -2.38. The molecule has 1 aliphatic rings. The number of amides is 1. The second-order valence-corrected chi connectivity index (χ2v) is 5.73. The van der Waals surface area contributed by atoms with E-state index < -0.39 is 36.7 Å². The number of nitrogens with one attached hydrogen (secondary N) is 1. The van der Waals surface area contributed by atoms with Crippen molar-refractivity contribution < 1.29 is 39.5 Å². The summed E-state index contributed by atoms with van der Waals surface area (Å²) in [6.07, 6.45) is -7.61. The Kier molecular flexibility index (Phi) is 6.32. The topological polar surface area (TPSA) is 146 Å². The molecule has 1 amide bonds. The molecule has 5 unspecified atom stereocenters. The Labute approximate surface area is 143 Å². The molecule has 9 nitrogen and oxygen atoms in total. The number of rotatable bonds is 6. The van der Waals surface area contributed by atoms with Crippen molar-refractivity contribution in [2.24, 2.45) is 0 Å². The molecule has 1 aromatic rings. The highest BCUT2D eigenvalue weighted by molar-refractivity contribution is 5.73. The van der Waals surface area contributed by atoms with Gasteiger partial charge in [0.25, 0.3) is 0 Å². The number of carboxylic acids is 1. The Morgan fingerprint density at radius 3 is 2.32 bits per heavy atom. The predicted octanol–water partition coefficient (Wildman–Crippen LogP) is -1.36. The van der Waals surface area contributed by atoms with Crippen molar-refractivity contribution >= 4 is 11.9 Å². The first-order valence-electron chi connectivity index (χ1n) is 7.72. The van der Waals surface area contributed by atoms with Gasteiger partial charge in [0.15, 0.2) is 6.10 Å². The summed E-state index contributed by atoms with van der Waals surface area (Å²) >= 11 is 0. The number of aliphatic hydroxyl groups excluding tert-OH is 3. The molecule has 1 fully saturated rings. The average Bonchev–Trinajstić information content (AvgIpc) is 2.56. The lowest BCUT2D eigenvalue weighted by molar-refractivity contribution is -0.271. The van der Waals surface area contributed by atoms with Crippen LogP contribution in [0.25, 0.3) is 0 Å². The van der Waals surface area contributed by atoms with E-state index >= 15 is 0 Å². The molecule has 1 heterocycles. The van der Waals surface area contributed by atoms with Crippen LogP contribution in [0.3, 0.4) is 0 Å². The number of carbonyl (C=O) groups excluding carboxylic acids is 1. The maximum atomic E-state index is 11.0. The van der Waals surface area contributed by atoms with Gasteiger partial charge in [-0.2, -0.15) is 0 Å². The smallest absolute Gasteiger partial charge is 0.335 e. The lowest BCUT2D eigenvalue weighted by Crippen LogP contribution is -2.61. The SMILES string of the molecule is CC(=O)NCCc1ccc(OC2OC(C(=O)O)C(O)C(O)C2O)cc1. The van der Waals surface area contributed by atoms with Crippen molar-refractivity contribution in [1.29, 1.82) is 0 Å². The molecule has 1 saturated heterocycles. The summed E-state index contributed by atoms with van der Waals surface area (Å²) in [6.45, 7) is 1.92. The highest BCUT2D eigenvalue weighted by Gasteiger charge is 2.48. The number of hydrogen-bond acceptors (Lipinski definition) is 7. The highest BCUT2D eigenvalue weighted by atomic mass is 16.7. The first-order valence-corrected chi connectivity index (χ1v) is 7.72. The molecule has 138 valence electrons. The van der Waals surface area contributed by atoms with E-state index in [1.807, 2.05) is 0 Å². The number of carbonyl (C=O) groups is 2. The van der Waals surface area contributed by atoms with Gasteiger partial charge in [0.05, 0.1) is 0 Å². The van der Waals surface area contributed by atoms with Gasteiger partial charge >= 0.3 is 5.97 Å². The molecule has 9 heteroatoms. The van der Waals surface area contributed by atoms with Gasteiger partial charge in [-0.3, -0.25) is 4.79 Å². The molecule has 1 aliphatic heterocycles. The van der Waals surface area contributed by atoms with E-state index in [0.29, 0.717) is 18.7 Å². The Balaban J connectivity index is 1.98. The van der Waals surface area contributed by atoms with Crippen LogP contribution in [0.5, 0.6) is 5.75 Å². The van der Waals surface area contributed by atoms with Crippen LogP contribution in [-0.2, 0) is 20.7 Å². The van der Waals surface area contributed by atoms with E-state index in [0.717, 1.165) is 5.56 Å². The second-order valence-electron chi connectivity index (χ2n) is 5.73. The van der Waals surface area contributed by atoms with Gasteiger partial charge in [-0.1, -0.05) is 12.1 Å². The largest absolute Gasteiger partial charge is 0.479 e. The molecule has 0 spiro atoms. The minimum absolute atomic E-state index is 0.114. The third kappa shape index (κ3) is 4.89. The number of aliphatic hydroxyl groups is 3. The molecule has 0 saturated carbocycles. The fourth-order valence-corrected chi connectivity index (χ4v) is 2.40. The lowest BCUT2D eigenvalue weighted by atomic mass is 9.99. The fourth-order valence-electron chi connectivity index (χ4n) is 2.40. The van der Waals surface area contributed by atoms with Crippen LogP contribution in [0.1, 0.15) is 12.5 Å². The van der Waals surface area contributed by atoms with Gasteiger partial charge in [0.2, 0.25) is 12.2 Å². The average molecular weight is 355 g/mol. The second kappa shape index (κ2) is 8.26. The van der Waals surface area contributed by atoms with Crippen LogP contribution in [-0.4, -0.2) is 69.6 Å². The van der Waals surface area contributed by atoms with Gasteiger partial charge in [0, 0.05) is 13.5 Å². The molecular formula is C16H21NO8. The molecular weight excluding hydrogens is 334 g/mol. The number of benzene rings is 1. The summed E-state index contributed by atoms with van der Waals surface area (Å²) in [7, 11) is 0. The van der Waals surface area contributed by atoms with Crippen LogP contribution in [0.15, 0.2) is 24.3 Å². The Bertz CT molecular complexity index is 605. The van der Waals surface area contributed by atoms with Crippen molar-refractivity contribution in [3.63, 3.8) is 0 Å². The Morgan fingerprint density at radius 1 is 1.12 bits per heavy atom. The minimum Gasteiger partial charge on any atom is -0.479 e. The molecule has 0 aliphatic carbocycles. The molecule has 5 N–H and O–H groups in total. The zero-order valence-electron chi connectivity index (χ0n) is 13.5. The van der Waals surface area contributed by atoms with Gasteiger partial charge < -0.3 is 35.2 Å². The number of ether oxygens (including phenoxy) is 2. The van der Waals surface area contributed by atoms with Crippen molar-refractivity contribution in [3.8, 4) is 5.75 Å². The standard InChI is InChI=1S/C16H21NO8/c1-8(18)17-7-6-9-2-4-10(5-3-9)24-16-13(21)11(19)12(20)14(25-16)15(22)23/h2-5,11-14,16,19-21H,6-7H2,1H3,(H,17,18)(H,22,23). The van der Waals surface area contributed by atoms with Crippen molar-refractivity contribution in [3.05, 3.63) is 29.8 Å². The summed E-state index contributed by atoms with van der Waals surface area (Å²) in [4.78, 5) is 21.9. The Morgan fingerprint density at radius 2 is 1.76 bits per heavy atom. The minimum atomic E-state index is -1.76. The van der Waals surface area contributed by atoms with Gasteiger partial charge in [-0.15, -0.1) is 0 Å². The summed E-state index contributed by atoms with van der Waals surface area (Å²) < 4.78 is 10.4. The third-order valence-corrected chi connectivity index (χ3v) is 3.78. The van der Waals surface area contributed by atoms with Crippen LogP contribution >= 0.6 is 0 Å². The Hall–Kier alpha value is -2.20. The molecule has 0 aromatic heterocycles. The number of hydrogen-bond donors (Lipinski definition) is 5. The molecule has 0 radical (unpaired) electrons. The third-order valence-electron chi connectivity index (χ3n) is 3.78. The van der Waals surface area contributed by atoms with Crippen LogP contribution in [0.4, 0.5) is 0 Å². The molecule has 0 bridgehead atoms. The molecule has 25 heavy (non-hydrogen) atoms. The zero-order chi connectivity index (χ0) is 18.6. The van der Waals surface area contributed by atoms with Crippen molar-refractivity contribution in [2.75, 3.05) is 6.54 Å². The predicted molar refractivity (Wildman–Crippen MR) is 83.8 cm³/mol. The molecule has 2 rings (SSSR count). The van der Waals surface area contributed by atoms with E-state index in [2.05, 4.69) is 5.32 Å². The van der Waals surface area contributed by atoms with Crippen LogP contribution in [0, 0.1) is 0 Å².